The first kappa shape index (κ1) is 9.64. The average molecular weight is 186 g/mol. The van der Waals surface area contributed by atoms with E-state index in [2.05, 4.69) is 0 Å². The molecule has 0 bridgehead atoms. The van der Waals surface area contributed by atoms with Crippen LogP contribution in [0.3, 0.4) is 0 Å². The van der Waals surface area contributed by atoms with Crippen molar-refractivity contribution in [1.82, 2.24) is 0 Å². The maximum Gasteiger partial charge on any atom is 0.283 e. The molecule has 0 aromatic heterocycles. The van der Waals surface area contributed by atoms with E-state index in [1.807, 2.05) is 0 Å². The third-order valence-corrected chi connectivity index (χ3v) is 1.64. The molecule has 0 aliphatic carbocycles. The predicted molar refractivity (Wildman–Crippen MR) is 42.7 cm³/mol. The highest BCUT2D eigenvalue weighted by molar-refractivity contribution is 5.53. The molecule has 0 amide bonds. The summed E-state index contributed by atoms with van der Waals surface area (Å²) in [7, 11) is 0. The largest absolute Gasteiger partial charge is 0.507 e. The van der Waals surface area contributed by atoms with Crippen LogP contribution in [-0.4, -0.2) is 11.4 Å². The number of hydrogen-bond acceptors (Lipinski definition) is 2. The Morgan fingerprint density at radius 1 is 1.38 bits per heavy atom. The molecule has 2 nitrogen and oxygen atoms in total. The van der Waals surface area contributed by atoms with Crippen molar-refractivity contribution < 1.29 is 18.7 Å². The van der Waals surface area contributed by atoms with Gasteiger partial charge in [-0.3, -0.25) is 0 Å². The predicted octanol–water partition coefficient (Wildman–Crippen LogP) is 2.07. The van der Waals surface area contributed by atoms with Gasteiger partial charge in [-0.25, -0.2) is 8.78 Å². The van der Waals surface area contributed by atoms with Crippen molar-refractivity contribution in [2.75, 3.05) is 0 Å². The molecule has 70 valence electrons. The molecular formula is C9H8F2O2. The van der Waals surface area contributed by atoms with E-state index >= 15 is 0 Å². The van der Waals surface area contributed by atoms with Crippen LogP contribution in [0.15, 0.2) is 24.3 Å². The smallest absolute Gasteiger partial charge is 0.283 e. The van der Waals surface area contributed by atoms with Gasteiger partial charge in [0.2, 0.25) is 0 Å². The minimum atomic E-state index is -3.28. The van der Waals surface area contributed by atoms with Crippen molar-refractivity contribution in [2.45, 2.75) is 12.3 Å². The lowest BCUT2D eigenvalue weighted by atomic mass is 10.1. The standard InChI is InChI=1S/C9H8F2O2/c10-9(11,5-6-12)7-3-1-2-4-8(7)13/h1-4,6,13H,5H2. The van der Waals surface area contributed by atoms with Gasteiger partial charge in [0.1, 0.15) is 12.0 Å². The van der Waals surface area contributed by atoms with Gasteiger partial charge in [-0.2, -0.15) is 0 Å². The fourth-order valence-corrected chi connectivity index (χ4v) is 0.998. The highest BCUT2D eigenvalue weighted by Gasteiger charge is 2.33. The molecule has 0 atom stereocenters. The molecule has 0 aliphatic rings. The second kappa shape index (κ2) is 3.51. The monoisotopic (exact) mass is 186 g/mol. The first-order valence-electron chi connectivity index (χ1n) is 3.68. The summed E-state index contributed by atoms with van der Waals surface area (Å²) in [4.78, 5) is 9.94. The molecule has 13 heavy (non-hydrogen) atoms. The minimum absolute atomic E-state index is 0.131. The fourth-order valence-electron chi connectivity index (χ4n) is 0.998. The molecule has 1 N–H and O–H groups in total. The zero-order chi connectivity index (χ0) is 9.90. The fraction of sp³-hybridized carbons (Fsp3) is 0.222. The van der Waals surface area contributed by atoms with Crippen molar-refractivity contribution in [3.05, 3.63) is 29.8 Å². The van der Waals surface area contributed by atoms with Gasteiger partial charge in [-0.15, -0.1) is 0 Å². The van der Waals surface area contributed by atoms with Gasteiger partial charge in [-0.05, 0) is 12.1 Å². The van der Waals surface area contributed by atoms with E-state index < -0.39 is 23.7 Å². The van der Waals surface area contributed by atoms with Crippen LogP contribution in [0.1, 0.15) is 12.0 Å². The number of hydrogen-bond donors (Lipinski definition) is 1. The van der Waals surface area contributed by atoms with Crippen LogP contribution in [-0.2, 0) is 10.7 Å². The summed E-state index contributed by atoms with van der Waals surface area (Å²) in [6, 6.07) is 5.08. The Kier molecular flexibility index (Phi) is 2.60. The summed E-state index contributed by atoms with van der Waals surface area (Å²) in [6.07, 6.45) is -0.781. The number of alkyl halides is 2. The number of carbonyl (C=O) groups is 1. The number of aldehydes is 1. The summed E-state index contributed by atoms with van der Waals surface area (Å²) in [5.41, 5.74) is -0.512. The van der Waals surface area contributed by atoms with E-state index in [0.29, 0.717) is 0 Å². The Balaban J connectivity index is 3.06. The Bertz CT molecular complexity index is 310. The lowest BCUT2D eigenvalue weighted by molar-refractivity contribution is -0.115. The third kappa shape index (κ3) is 2.02. The molecule has 1 aromatic rings. The van der Waals surface area contributed by atoms with Gasteiger partial charge in [0.15, 0.2) is 0 Å². The Morgan fingerprint density at radius 2 is 2.00 bits per heavy atom. The molecule has 0 radical (unpaired) electrons. The Labute approximate surface area is 73.8 Å². The first-order chi connectivity index (χ1) is 6.08. The van der Waals surface area contributed by atoms with Crippen molar-refractivity contribution in [2.24, 2.45) is 0 Å². The van der Waals surface area contributed by atoms with Gasteiger partial charge < -0.3 is 9.90 Å². The summed E-state index contributed by atoms with van der Waals surface area (Å²) in [6.45, 7) is 0. The molecule has 0 saturated carbocycles. The van der Waals surface area contributed by atoms with Crippen molar-refractivity contribution in [1.29, 1.82) is 0 Å². The van der Waals surface area contributed by atoms with E-state index in [1.54, 1.807) is 0 Å². The second-order valence-corrected chi connectivity index (χ2v) is 2.59. The summed E-state index contributed by atoms with van der Waals surface area (Å²) in [5.74, 6) is -3.78. The van der Waals surface area contributed by atoms with Crippen LogP contribution in [0.25, 0.3) is 0 Å². The molecular weight excluding hydrogens is 178 g/mol. The van der Waals surface area contributed by atoms with Crippen molar-refractivity contribution in [3.8, 4) is 5.75 Å². The quantitative estimate of drug-likeness (QED) is 0.733. The molecule has 0 spiro atoms. The lowest BCUT2D eigenvalue weighted by Crippen LogP contribution is -2.13. The highest BCUT2D eigenvalue weighted by Crippen LogP contribution is 2.35. The SMILES string of the molecule is O=CCC(F)(F)c1ccccc1O. The van der Waals surface area contributed by atoms with E-state index in [1.165, 1.54) is 12.1 Å². The number of halogens is 2. The van der Waals surface area contributed by atoms with Crippen LogP contribution in [0.5, 0.6) is 5.75 Å². The second-order valence-electron chi connectivity index (χ2n) is 2.59. The normalized spacial score (nSPS) is 11.2. The van der Waals surface area contributed by atoms with E-state index in [4.69, 9.17) is 5.11 Å². The summed E-state index contributed by atoms with van der Waals surface area (Å²) < 4.78 is 26.1. The molecule has 0 fully saturated rings. The van der Waals surface area contributed by atoms with Crippen LogP contribution in [0.2, 0.25) is 0 Å². The first-order valence-corrected chi connectivity index (χ1v) is 3.68. The zero-order valence-corrected chi connectivity index (χ0v) is 6.71. The van der Waals surface area contributed by atoms with Crippen LogP contribution in [0, 0.1) is 0 Å². The zero-order valence-electron chi connectivity index (χ0n) is 6.71. The highest BCUT2D eigenvalue weighted by atomic mass is 19.3. The van der Waals surface area contributed by atoms with E-state index in [0.717, 1.165) is 12.1 Å². The Morgan fingerprint density at radius 3 is 2.54 bits per heavy atom. The van der Waals surface area contributed by atoms with Crippen LogP contribution < -0.4 is 0 Å². The van der Waals surface area contributed by atoms with Gasteiger partial charge in [0.05, 0.1) is 12.0 Å². The topological polar surface area (TPSA) is 37.3 Å². The van der Waals surface area contributed by atoms with E-state index in [-0.39, 0.29) is 6.29 Å². The van der Waals surface area contributed by atoms with Gasteiger partial charge >= 0.3 is 0 Å². The third-order valence-electron chi connectivity index (χ3n) is 1.64. The minimum Gasteiger partial charge on any atom is -0.507 e. The molecule has 1 rings (SSSR count). The number of aromatic hydroxyl groups is 1. The maximum absolute atomic E-state index is 13.0. The van der Waals surface area contributed by atoms with Gasteiger partial charge in [-0.1, -0.05) is 12.1 Å². The molecule has 0 unspecified atom stereocenters. The van der Waals surface area contributed by atoms with Crippen molar-refractivity contribution in [3.63, 3.8) is 0 Å². The summed E-state index contributed by atoms with van der Waals surface area (Å²) in [5, 5.41) is 9.08. The molecule has 0 saturated heterocycles. The number of para-hydroxylation sites is 1. The number of rotatable bonds is 3. The molecule has 0 heterocycles. The van der Waals surface area contributed by atoms with Crippen molar-refractivity contribution >= 4 is 6.29 Å². The number of carbonyl (C=O) groups excluding carboxylic acids is 1. The van der Waals surface area contributed by atoms with Gasteiger partial charge in [0, 0.05) is 0 Å². The Hall–Kier alpha value is -1.45. The summed E-state index contributed by atoms with van der Waals surface area (Å²) >= 11 is 0. The van der Waals surface area contributed by atoms with Gasteiger partial charge in [0.25, 0.3) is 5.92 Å². The van der Waals surface area contributed by atoms with Crippen LogP contribution >= 0.6 is 0 Å². The molecule has 1 aromatic carbocycles. The number of phenolic OH excluding ortho intramolecular Hbond substituents is 1. The average Bonchev–Trinajstić information content (AvgIpc) is 2.04. The number of benzene rings is 1. The van der Waals surface area contributed by atoms with Crippen LogP contribution in [0.4, 0.5) is 8.78 Å². The maximum atomic E-state index is 13.0. The molecule has 4 heteroatoms. The van der Waals surface area contributed by atoms with E-state index in [9.17, 15) is 13.6 Å². The molecule has 0 aliphatic heterocycles. The lowest BCUT2D eigenvalue weighted by Gasteiger charge is -2.14. The number of phenols is 1.